The molecule has 2 aliphatic rings. The first kappa shape index (κ1) is 16.7. The van der Waals surface area contributed by atoms with Gasteiger partial charge in [-0.05, 0) is 24.8 Å². The summed E-state index contributed by atoms with van der Waals surface area (Å²) in [6.07, 6.45) is -0.569. The van der Waals surface area contributed by atoms with Crippen molar-refractivity contribution in [1.29, 1.82) is 0 Å². The summed E-state index contributed by atoms with van der Waals surface area (Å²) in [6.45, 7) is 3.08. The van der Waals surface area contributed by atoms with Crippen molar-refractivity contribution < 1.29 is 17.6 Å². The zero-order valence-electron chi connectivity index (χ0n) is 13.0. The Morgan fingerprint density at radius 3 is 2.35 bits per heavy atom. The number of benzene rings is 1. The van der Waals surface area contributed by atoms with Crippen LogP contribution in [0.25, 0.3) is 0 Å². The maximum Gasteiger partial charge on any atom is 0.419 e. The Morgan fingerprint density at radius 2 is 1.74 bits per heavy atom. The lowest BCUT2D eigenvalue weighted by Crippen LogP contribution is -2.47. The van der Waals surface area contributed by atoms with Gasteiger partial charge in [-0.3, -0.25) is 4.90 Å². The van der Waals surface area contributed by atoms with Gasteiger partial charge in [0.2, 0.25) is 0 Å². The molecular weight excluding hydrogens is 308 g/mol. The first-order valence-corrected chi connectivity index (χ1v) is 8.29. The van der Waals surface area contributed by atoms with Crippen LogP contribution in [0.15, 0.2) is 18.2 Å². The highest BCUT2D eigenvalue weighted by atomic mass is 19.4. The van der Waals surface area contributed by atoms with Crippen molar-refractivity contribution in [1.82, 2.24) is 10.2 Å². The summed E-state index contributed by atoms with van der Waals surface area (Å²) in [5.74, 6) is -0.846. The topological polar surface area (TPSA) is 15.3 Å². The van der Waals surface area contributed by atoms with Crippen LogP contribution in [-0.2, 0) is 6.18 Å². The lowest BCUT2D eigenvalue weighted by Gasteiger charge is -2.39. The van der Waals surface area contributed by atoms with E-state index in [0.29, 0.717) is 0 Å². The van der Waals surface area contributed by atoms with Crippen LogP contribution in [0.5, 0.6) is 0 Å². The van der Waals surface area contributed by atoms with Crippen molar-refractivity contribution in [3.8, 4) is 0 Å². The molecule has 1 aliphatic heterocycles. The molecule has 1 atom stereocenters. The van der Waals surface area contributed by atoms with Gasteiger partial charge >= 0.3 is 6.18 Å². The second-order valence-corrected chi connectivity index (χ2v) is 6.48. The minimum atomic E-state index is -4.65. The van der Waals surface area contributed by atoms with Crippen molar-refractivity contribution in [3.05, 3.63) is 35.1 Å². The molecule has 0 spiro atoms. The predicted octanol–water partition coefficient (Wildman–Crippen LogP) is 3.98. The van der Waals surface area contributed by atoms with E-state index in [-0.39, 0.29) is 17.5 Å². The van der Waals surface area contributed by atoms with E-state index < -0.39 is 17.6 Å². The monoisotopic (exact) mass is 330 g/mol. The van der Waals surface area contributed by atoms with Gasteiger partial charge < -0.3 is 5.32 Å². The fraction of sp³-hybridized carbons (Fsp3) is 0.647. The van der Waals surface area contributed by atoms with Crippen LogP contribution in [0.1, 0.15) is 42.9 Å². The van der Waals surface area contributed by atoms with Crippen molar-refractivity contribution in [2.75, 3.05) is 26.2 Å². The molecule has 0 amide bonds. The third-order valence-corrected chi connectivity index (χ3v) is 5.04. The Bertz CT molecular complexity index is 532. The van der Waals surface area contributed by atoms with E-state index in [4.69, 9.17) is 0 Å². The molecule has 1 saturated carbocycles. The molecule has 3 rings (SSSR count). The molecule has 1 heterocycles. The molecule has 1 N–H and O–H groups in total. The van der Waals surface area contributed by atoms with Gasteiger partial charge in [-0.25, -0.2) is 4.39 Å². The third kappa shape index (κ3) is 3.53. The van der Waals surface area contributed by atoms with Crippen molar-refractivity contribution >= 4 is 0 Å². The Hall–Kier alpha value is -1.14. The van der Waals surface area contributed by atoms with Crippen LogP contribution in [0.4, 0.5) is 17.6 Å². The molecule has 2 nitrogen and oxygen atoms in total. The first-order valence-electron chi connectivity index (χ1n) is 8.29. The molecule has 6 heteroatoms. The van der Waals surface area contributed by atoms with Crippen LogP contribution < -0.4 is 5.32 Å². The highest BCUT2D eigenvalue weighted by Crippen LogP contribution is 2.42. The molecule has 1 aromatic rings. The normalized spacial score (nSPS) is 22.4. The molecule has 1 aromatic carbocycles. The van der Waals surface area contributed by atoms with E-state index in [2.05, 4.69) is 10.2 Å². The molecule has 0 radical (unpaired) electrons. The fourth-order valence-electron chi connectivity index (χ4n) is 3.98. The second kappa shape index (κ2) is 6.77. The van der Waals surface area contributed by atoms with Gasteiger partial charge in [0.15, 0.2) is 0 Å². The summed E-state index contributed by atoms with van der Waals surface area (Å²) in [4.78, 5) is 2.16. The van der Waals surface area contributed by atoms with Gasteiger partial charge in [0.25, 0.3) is 0 Å². The number of piperazine rings is 1. The van der Waals surface area contributed by atoms with E-state index in [9.17, 15) is 17.6 Å². The highest BCUT2D eigenvalue weighted by molar-refractivity contribution is 5.31. The lowest BCUT2D eigenvalue weighted by molar-refractivity contribution is -0.140. The van der Waals surface area contributed by atoms with Crippen LogP contribution in [0, 0.1) is 11.7 Å². The quantitative estimate of drug-likeness (QED) is 0.844. The Kier molecular flexibility index (Phi) is 4.92. The average molecular weight is 330 g/mol. The Balaban J connectivity index is 1.99. The fourth-order valence-corrected chi connectivity index (χ4v) is 3.98. The molecule has 2 fully saturated rings. The molecule has 1 aliphatic carbocycles. The van der Waals surface area contributed by atoms with Crippen LogP contribution in [0.3, 0.4) is 0 Å². The summed E-state index contributed by atoms with van der Waals surface area (Å²) in [6, 6.07) is 3.46. The number of nitrogens with one attached hydrogen (secondary N) is 1. The zero-order chi connectivity index (χ0) is 16.4. The third-order valence-electron chi connectivity index (χ3n) is 5.04. The Labute approximate surface area is 133 Å². The highest BCUT2D eigenvalue weighted by Gasteiger charge is 2.39. The second-order valence-electron chi connectivity index (χ2n) is 6.48. The van der Waals surface area contributed by atoms with Gasteiger partial charge in [0.05, 0.1) is 5.56 Å². The van der Waals surface area contributed by atoms with Crippen molar-refractivity contribution in [2.45, 2.75) is 37.9 Å². The van der Waals surface area contributed by atoms with Crippen LogP contribution in [-0.4, -0.2) is 31.1 Å². The molecule has 0 unspecified atom stereocenters. The van der Waals surface area contributed by atoms with E-state index in [1.807, 2.05) is 0 Å². The minimum Gasteiger partial charge on any atom is -0.314 e. The predicted molar refractivity (Wildman–Crippen MR) is 80.5 cm³/mol. The molecule has 0 bridgehead atoms. The number of nitrogens with zero attached hydrogens (tertiary/aromatic N) is 1. The van der Waals surface area contributed by atoms with E-state index >= 15 is 0 Å². The van der Waals surface area contributed by atoms with E-state index in [0.717, 1.165) is 57.9 Å². The minimum absolute atomic E-state index is 0.216. The number of alkyl halides is 3. The molecule has 0 aromatic heterocycles. The first-order chi connectivity index (χ1) is 11.0. The van der Waals surface area contributed by atoms with Crippen LogP contribution in [0.2, 0.25) is 0 Å². The van der Waals surface area contributed by atoms with E-state index in [1.165, 1.54) is 12.1 Å². The summed E-state index contributed by atoms with van der Waals surface area (Å²) in [5, 5.41) is 3.25. The number of hydrogen-bond donors (Lipinski definition) is 1. The number of halogens is 4. The van der Waals surface area contributed by atoms with Crippen LogP contribution >= 0.6 is 0 Å². The maximum atomic E-state index is 14.7. The number of hydrogen-bond acceptors (Lipinski definition) is 2. The van der Waals surface area contributed by atoms with E-state index in [1.54, 1.807) is 0 Å². The molecule has 1 saturated heterocycles. The molecule has 128 valence electrons. The molecular formula is C17H22F4N2. The maximum absolute atomic E-state index is 14.7. The van der Waals surface area contributed by atoms with Gasteiger partial charge in [-0.2, -0.15) is 13.2 Å². The van der Waals surface area contributed by atoms with Crippen molar-refractivity contribution in [2.24, 2.45) is 5.92 Å². The summed E-state index contributed by atoms with van der Waals surface area (Å²) in [7, 11) is 0. The average Bonchev–Trinajstić information content (AvgIpc) is 3.03. The smallest absolute Gasteiger partial charge is 0.314 e. The van der Waals surface area contributed by atoms with Crippen molar-refractivity contribution in [3.63, 3.8) is 0 Å². The summed E-state index contributed by atoms with van der Waals surface area (Å²) >= 11 is 0. The standard InChI is InChI=1S/C17H22F4N2/c18-15-13(6-3-7-14(15)17(19,20)21)16(12-4-1-2-5-12)23-10-8-22-9-11-23/h3,6-7,12,16,22H,1-2,4-5,8-11H2/t16-/m0/s1. The lowest BCUT2D eigenvalue weighted by atomic mass is 9.88. The van der Waals surface area contributed by atoms with Gasteiger partial charge in [0, 0.05) is 37.8 Å². The van der Waals surface area contributed by atoms with Gasteiger partial charge in [0.1, 0.15) is 5.82 Å². The largest absolute Gasteiger partial charge is 0.419 e. The summed E-state index contributed by atoms with van der Waals surface area (Å²) in [5.41, 5.74) is -0.929. The molecule has 23 heavy (non-hydrogen) atoms. The van der Waals surface area contributed by atoms with Gasteiger partial charge in [-0.1, -0.05) is 25.0 Å². The SMILES string of the molecule is Fc1c([C@H](C2CCCC2)N2CCNCC2)cccc1C(F)(F)F. The summed E-state index contributed by atoms with van der Waals surface area (Å²) < 4.78 is 53.8. The number of rotatable bonds is 3. The Morgan fingerprint density at radius 1 is 1.09 bits per heavy atom. The zero-order valence-corrected chi connectivity index (χ0v) is 13.0. The van der Waals surface area contributed by atoms with Gasteiger partial charge in [-0.15, -0.1) is 0 Å².